The van der Waals surface area contributed by atoms with Gasteiger partial charge in [0.15, 0.2) is 11.5 Å². The van der Waals surface area contributed by atoms with Gasteiger partial charge in [0.05, 0.1) is 11.9 Å². The van der Waals surface area contributed by atoms with E-state index in [-0.39, 0.29) is 12.2 Å². The summed E-state index contributed by atoms with van der Waals surface area (Å²) in [5, 5.41) is 7.05. The van der Waals surface area contributed by atoms with Gasteiger partial charge in [0, 0.05) is 10.8 Å². The summed E-state index contributed by atoms with van der Waals surface area (Å²) in [4.78, 5) is 4.52. The number of hydrogen-bond acceptors (Lipinski definition) is 6. The van der Waals surface area contributed by atoms with Crippen LogP contribution in [0.4, 0.5) is 5.13 Å². The maximum Gasteiger partial charge on any atom is 0.231 e. The molecule has 1 aromatic carbocycles. The van der Waals surface area contributed by atoms with E-state index in [1.807, 2.05) is 18.2 Å². The van der Waals surface area contributed by atoms with Crippen LogP contribution in [0.1, 0.15) is 32.0 Å². The minimum absolute atomic E-state index is 0.0530. The van der Waals surface area contributed by atoms with E-state index in [0.29, 0.717) is 0 Å². The fourth-order valence-corrected chi connectivity index (χ4v) is 2.71. The molecule has 3 rings (SSSR count). The second-order valence-electron chi connectivity index (χ2n) is 5.77. The van der Waals surface area contributed by atoms with Gasteiger partial charge in [-0.2, -0.15) is 5.10 Å². The van der Waals surface area contributed by atoms with Crippen molar-refractivity contribution in [1.29, 1.82) is 0 Å². The van der Waals surface area contributed by atoms with Crippen LogP contribution in [0.25, 0.3) is 0 Å². The van der Waals surface area contributed by atoms with Gasteiger partial charge in [0.2, 0.25) is 11.9 Å². The van der Waals surface area contributed by atoms with Gasteiger partial charge in [0.25, 0.3) is 0 Å². The zero-order valence-corrected chi connectivity index (χ0v) is 13.0. The number of thiazole rings is 1. The van der Waals surface area contributed by atoms with E-state index in [4.69, 9.17) is 9.47 Å². The normalized spacial score (nSPS) is 13.9. The third-order valence-electron chi connectivity index (χ3n) is 3.04. The number of nitrogens with zero attached hydrogens (tertiary/aromatic N) is 2. The molecule has 110 valence electrons. The Morgan fingerprint density at radius 2 is 2.10 bits per heavy atom. The van der Waals surface area contributed by atoms with Crippen LogP contribution >= 0.6 is 11.3 Å². The second kappa shape index (κ2) is 5.37. The van der Waals surface area contributed by atoms with Crippen molar-refractivity contribution in [3.8, 4) is 11.5 Å². The quantitative estimate of drug-likeness (QED) is 0.695. The zero-order valence-electron chi connectivity index (χ0n) is 12.2. The van der Waals surface area contributed by atoms with Crippen LogP contribution in [0.5, 0.6) is 11.5 Å². The Labute approximate surface area is 127 Å². The highest BCUT2D eigenvalue weighted by atomic mass is 32.1. The van der Waals surface area contributed by atoms with E-state index in [1.54, 1.807) is 17.6 Å². The number of rotatable bonds is 3. The second-order valence-corrected chi connectivity index (χ2v) is 6.63. The molecular weight excluding hydrogens is 286 g/mol. The van der Waals surface area contributed by atoms with Crippen LogP contribution in [0.2, 0.25) is 0 Å². The summed E-state index contributed by atoms with van der Waals surface area (Å²) in [6, 6.07) is 5.71. The predicted molar refractivity (Wildman–Crippen MR) is 84.6 cm³/mol. The summed E-state index contributed by atoms with van der Waals surface area (Å²) >= 11 is 1.55. The summed E-state index contributed by atoms with van der Waals surface area (Å²) in [6.07, 6.45) is 1.74. The SMILES string of the molecule is CC(C)(C)c1csc(NN=Cc2ccc3c(c2)OCO3)n1. The zero-order chi connectivity index (χ0) is 14.9. The van der Waals surface area contributed by atoms with Crippen molar-refractivity contribution in [3.05, 3.63) is 34.8 Å². The van der Waals surface area contributed by atoms with Crippen LogP contribution in [0, 0.1) is 0 Å². The molecule has 0 unspecified atom stereocenters. The van der Waals surface area contributed by atoms with E-state index in [2.05, 4.69) is 41.7 Å². The Hall–Kier alpha value is -2.08. The Balaban J connectivity index is 1.66. The van der Waals surface area contributed by atoms with E-state index < -0.39 is 0 Å². The van der Waals surface area contributed by atoms with Gasteiger partial charge >= 0.3 is 0 Å². The Morgan fingerprint density at radius 1 is 1.29 bits per heavy atom. The third-order valence-corrected chi connectivity index (χ3v) is 3.79. The molecule has 21 heavy (non-hydrogen) atoms. The Morgan fingerprint density at radius 3 is 2.86 bits per heavy atom. The lowest BCUT2D eigenvalue weighted by atomic mass is 9.93. The summed E-state index contributed by atoms with van der Waals surface area (Å²) in [5.74, 6) is 1.53. The highest BCUT2D eigenvalue weighted by Gasteiger charge is 2.17. The van der Waals surface area contributed by atoms with Crippen molar-refractivity contribution in [2.45, 2.75) is 26.2 Å². The summed E-state index contributed by atoms with van der Waals surface area (Å²) < 4.78 is 10.6. The molecule has 0 fully saturated rings. The van der Waals surface area contributed by atoms with E-state index in [9.17, 15) is 0 Å². The van der Waals surface area contributed by atoms with Crippen molar-refractivity contribution in [1.82, 2.24) is 4.98 Å². The first-order chi connectivity index (χ1) is 10.0. The maximum atomic E-state index is 5.33. The molecule has 0 aliphatic carbocycles. The fraction of sp³-hybridized carbons (Fsp3) is 0.333. The highest BCUT2D eigenvalue weighted by molar-refractivity contribution is 7.13. The molecule has 0 spiro atoms. The average molecular weight is 303 g/mol. The Kier molecular flexibility index (Phi) is 3.55. The number of ether oxygens (including phenoxy) is 2. The molecule has 1 aliphatic rings. The summed E-state index contributed by atoms with van der Waals surface area (Å²) in [5.41, 5.74) is 5.02. The topological polar surface area (TPSA) is 55.7 Å². The maximum absolute atomic E-state index is 5.33. The summed E-state index contributed by atoms with van der Waals surface area (Å²) in [6.45, 7) is 6.70. The molecule has 0 saturated heterocycles. The molecule has 2 aromatic rings. The molecule has 1 N–H and O–H groups in total. The number of hydrogen-bond donors (Lipinski definition) is 1. The highest BCUT2D eigenvalue weighted by Crippen LogP contribution is 2.32. The lowest BCUT2D eigenvalue weighted by Gasteiger charge is -2.13. The minimum Gasteiger partial charge on any atom is -0.454 e. The molecule has 6 heteroatoms. The van der Waals surface area contributed by atoms with Gasteiger partial charge in [-0.3, -0.25) is 5.43 Å². The number of fused-ring (bicyclic) bond motifs is 1. The number of nitrogens with one attached hydrogen (secondary N) is 1. The van der Waals surface area contributed by atoms with Gasteiger partial charge in [-0.1, -0.05) is 20.8 Å². The van der Waals surface area contributed by atoms with E-state index >= 15 is 0 Å². The van der Waals surface area contributed by atoms with Gasteiger partial charge in [-0.25, -0.2) is 4.98 Å². The van der Waals surface area contributed by atoms with Crippen LogP contribution in [0.15, 0.2) is 28.7 Å². The molecule has 1 aromatic heterocycles. The molecule has 0 saturated carbocycles. The largest absolute Gasteiger partial charge is 0.454 e. The van der Waals surface area contributed by atoms with Gasteiger partial charge in [0.1, 0.15) is 0 Å². The van der Waals surface area contributed by atoms with Crippen LogP contribution < -0.4 is 14.9 Å². The average Bonchev–Trinajstić information content (AvgIpc) is 3.05. The standard InChI is InChI=1S/C15H17N3O2S/c1-15(2,3)13-8-21-14(17-13)18-16-7-10-4-5-11-12(6-10)20-9-19-11/h4-8H,9H2,1-3H3,(H,17,18). The lowest BCUT2D eigenvalue weighted by Crippen LogP contribution is -2.11. The molecule has 0 atom stereocenters. The monoisotopic (exact) mass is 303 g/mol. The summed E-state index contributed by atoms with van der Waals surface area (Å²) in [7, 11) is 0. The number of hydrazone groups is 1. The number of anilines is 1. The Bertz CT molecular complexity index is 674. The van der Waals surface area contributed by atoms with Gasteiger partial charge < -0.3 is 9.47 Å². The molecular formula is C15H17N3O2S. The van der Waals surface area contributed by atoms with Crippen LogP contribution in [-0.2, 0) is 5.41 Å². The molecule has 0 amide bonds. The van der Waals surface area contributed by atoms with Crippen molar-refractivity contribution in [2.75, 3.05) is 12.2 Å². The molecule has 1 aliphatic heterocycles. The minimum atomic E-state index is 0.0530. The van der Waals surface area contributed by atoms with Gasteiger partial charge in [-0.15, -0.1) is 11.3 Å². The number of aromatic nitrogens is 1. The lowest BCUT2D eigenvalue weighted by molar-refractivity contribution is 0.174. The number of benzene rings is 1. The van der Waals surface area contributed by atoms with Crippen LogP contribution in [-0.4, -0.2) is 18.0 Å². The van der Waals surface area contributed by atoms with Crippen molar-refractivity contribution < 1.29 is 9.47 Å². The van der Waals surface area contributed by atoms with E-state index in [1.165, 1.54) is 0 Å². The first kappa shape index (κ1) is 13.9. The van der Waals surface area contributed by atoms with Crippen LogP contribution in [0.3, 0.4) is 0 Å². The molecule has 0 bridgehead atoms. The first-order valence-electron chi connectivity index (χ1n) is 6.67. The van der Waals surface area contributed by atoms with Crippen molar-refractivity contribution in [3.63, 3.8) is 0 Å². The first-order valence-corrected chi connectivity index (χ1v) is 7.55. The predicted octanol–water partition coefficient (Wildman–Crippen LogP) is 3.62. The van der Waals surface area contributed by atoms with E-state index in [0.717, 1.165) is 27.9 Å². The molecule has 2 heterocycles. The smallest absolute Gasteiger partial charge is 0.231 e. The molecule has 0 radical (unpaired) electrons. The van der Waals surface area contributed by atoms with Crippen molar-refractivity contribution >= 4 is 22.7 Å². The molecule has 5 nitrogen and oxygen atoms in total. The third kappa shape index (κ3) is 3.16. The van der Waals surface area contributed by atoms with Gasteiger partial charge in [-0.05, 0) is 23.8 Å². The fourth-order valence-electron chi connectivity index (χ4n) is 1.83. The van der Waals surface area contributed by atoms with Crippen molar-refractivity contribution in [2.24, 2.45) is 5.10 Å².